The lowest BCUT2D eigenvalue weighted by Crippen LogP contribution is -2.86. The number of rotatable bonds is 10. The summed E-state index contributed by atoms with van der Waals surface area (Å²) in [5.74, 6) is -0.755. The van der Waals surface area contributed by atoms with Crippen LogP contribution in [-0.4, -0.2) is 37.6 Å². The second kappa shape index (κ2) is 10.6. The summed E-state index contributed by atoms with van der Waals surface area (Å²) in [6, 6.07) is 3.57. The Bertz CT molecular complexity index is 872. The highest BCUT2D eigenvalue weighted by Gasteiger charge is 2.27. The van der Waals surface area contributed by atoms with Crippen molar-refractivity contribution in [1.82, 2.24) is 0 Å². The summed E-state index contributed by atoms with van der Waals surface area (Å²) < 4.78 is 15.5. The van der Waals surface area contributed by atoms with E-state index in [1.165, 1.54) is 6.08 Å². The average molecular weight is 421 g/mol. The minimum Gasteiger partial charge on any atom is -0.463 e. The Hall–Kier alpha value is -2.91. The molecule has 8 nitrogen and oxygen atoms in total. The molecule has 0 aliphatic heterocycles. The van der Waals surface area contributed by atoms with Crippen molar-refractivity contribution in [2.24, 2.45) is 0 Å². The number of quaternary nitrogens is 1. The van der Waals surface area contributed by atoms with Gasteiger partial charge in [-0.15, -0.1) is 11.3 Å². The van der Waals surface area contributed by atoms with E-state index < -0.39 is 11.9 Å². The third kappa shape index (κ3) is 5.78. The molecule has 3 N–H and O–H groups in total. The predicted molar refractivity (Wildman–Crippen MR) is 108 cm³/mol. The Kier molecular flexibility index (Phi) is 8.17. The maximum absolute atomic E-state index is 12.4. The third-order valence-electron chi connectivity index (χ3n) is 4.05. The molecule has 2 heterocycles. The maximum Gasteiger partial charge on any atom is 0.348 e. The second-order valence-electron chi connectivity index (χ2n) is 6.16. The lowest BCUT2D eigenvalue weighted by molar-refractivity contribution is -0.684. The first-order valence-electron chi connectivity index (χ1n) is 9.14. The van der Waals surface area contributed by atoms with Crippen molar-refractivity contribution in [1.29, 1.82) is 0 Å². The van der Waals surface area contributed by atoms with Crippen LogP contribution in [0.5, 0.6) is 0 Å². The van der Waals surface area contributed by atoms with Crippen LogP contribution in [0.25, 0.3) is 0 Å². The van der Waals surface area contributed by atoms with Crippen molar-refractivity contribution in [2.45, 2.75) is 26.8 Å². The monoisotopic (exact) mass is 421 g/mol. The van der Waals surface area contributed by atoms with E-state index in [-0.39, 0.29) is 47.1 Å². The number of carbonyl (C=O) groups is 3. The molecule has 1 atom stereocenters. The molecule has 0 radical (unpaired) electrons. The van der Waals surface area contributed by atoms with Crippen molar-refractivity contribution in [3.05, 3.63) is 52.8 Å². The van der Waals surface area contributed by atoms with Crippen molar-refractivity contribution in [3.8, 4) is 0 Å². The molecular weight excluding hydrogens is 396 g/mol. The Morgan fingerprint density at radius 1 is 1.34 bits per heavy atom. The Labute approximate surface area is 172 Å². The van der Waals surface area contributed by atoms with E-state index in [1.807, 2.05) is 13.0 Å². The highest BCUT2D eigenvalue weighted by molar-refractivity contribution is 7.18. The van der Waals surface area contributed by atoms with Gasteiger partial charge in [-0.1, -0.05) is 12.7 Å². The molecule has 0 bridgehead atoms. The van der Waals surface area contributed by atoms with Gasteiger partial charge in [0.25, 0.3) is 5.91 Å². The number of hydrogen-bond donors (Lipinski definition) is 2. The number of amides is 1. The number of thiophene rings is 1. The van der Waals surface area contributed by atoms with Crippen LogP contribution < -0.4 is 10.6 Å². The van der Waals surface area contributed by atoms with E-state index in [0.717, 1.165) is 17.1 Å². The summed E-state index contributed by atoms with van der Waals surface area (Å²) in [5.41, 5.74) is 0.570. The summed E-state index contributed by atoms with van der Waals surface area (Å²) in [6.07, 6.45) is 3.03. The van der Waals surface area contributed by atoms with E-state index in [1.54, 1.807) is 31.5 Å². The van der Waals surface area contributed by atoms with Crippen LogP contribution >= 0.6 is 11.3 Å². The zero-order valence-electron chi connectivity index (χ0n) is 16.7. The van der Waals surface area contributed by atoms with Crippen molar-refractivity contribution >= 4 is 34.2 Å². The Balaban J connectivity index is 2.16. The molecule has 0 spiro atoms. The quantitative estimate of drug-likeness (QED) is 0.450. The normalized spacial score (nSPS) is 11.6. The number of furan rings is 1. The summed E-state index contributed by atoms with van der Waals surface area (Å²) in [7, 11) is 0. The van der Waals surface area contributed by atoms with Gasteiger partial charge in [-0.2, -0.15) is 0 Å². The smallest absolute Gasteiger partial charge is 0.348 e. The molecule has 2 aromatic rings. The number of hydrogen-bond acceptors (Lipinski definition) is 7. The van der Waals surface area contributed by atoms with Crippen LogP contribution in [0.4, 0.5) is 5.00 Å². The summed E-state index contributed by atoms with van der Waals surface area (Å²) in [4.78, 5) is 37.3. The molecule has 0 saturated heterocycles. The van der Waals surface area contributed by atoms with E-state index >= 15 is 0 Å². The molecule has 2 rings (SSSR count). The van der Waals surface area contributed by atoms with Crippen molar-refractivity contribution in [2.75, 3.05) is 25.1 Å². The molecule has 0 saturated carbocycles. The largest absolute Gasteiger partial charge is 0.463 e. The standard InChI is InChI=1S/C20H24N2O6S/c1-5-9-28-20(25)17-12(3)16(19(24)26-6-2)18(29-17)22-15(23)11-21-13(4)14-8-7-10-27-14/h5,7-8,10,13,21H,1,6,9,11H2,2-4H3,(H,22,23)/p+1/t13-/m1/s1. The van der Waals surface area contributed by atoms with Gasteiger partial charge >= 0.3 is 11.9 Å². The maximum atomic E-state index is 12.4. The molecule has 156 valence electrons. The first-order chi connectivity index (χ1) is 13.9. The summed E-state index contributed by atoms with van der Waals surface area (Å²) >= 11 is 0.985. The third-order valence-corrected chi connectivity index (χ3v) is 5.23. The van der Waals surface area contributed by atoms with E-state index in [9.17, 15) is 14.4 Å². The number of nitrogens with one attached hydrogen (secondary N) is 1. The van der Waals surface area contributed by atoms with Gasteiger partial charge in [0.1, 0.15) is 22.5 Å². The highest BCUT2D eigenvalue weighted by atomic mass is 32.1. The van der Waals surface area contributed by atoms with E-state index in [2.05, 4.69) is 11.9 Å². The molecule has 2 aromatic heterocycles. The molecule has 29 heavy (non-hydrogen) atoms. The van der Waals surface area contributed by atoms with E-state index in [4.69, 9.17) is 13.9 Å². The van der Waals surface area contributed by atoms with Gasteiger partial charge in [0, 0.05) is 0 Å². The van der Waals surface area contributed by atoms with Crippen molar-refractivity contribution in [3.63, 3.8) is 0 Å². The summed E-state index contributed by atoms with van der Waals surface area (Å²) in [5, 5.41) is 4.77. The van der Waals surface area contributed by atoms with Crippen LogP contribution in [0.15, 0.2) is 35.5 Å². The fraction of sp³-hybridized carbons (Fsp3) is 0.350. The highest BCUT2D eigenvalue weighted by Crippen LogP contribution is 2.34. The molecule has 0 aromatic carbocycles. The number of nitrogens with two attached hydrogens (primary N) is 1. The SMILES string of the molecule is C=CCOC(=O)c1sc(NC(=O)C[NH2+][C@H](C)c2ccco2)c(C(=O)OCC)c1C. The lowest BCUT2D eigenvalue weighted by atomic mass is 10.1. The minimum absolute atomic E-state index is 0.0465. The minimum atomic E-state index is -0.604. The molecule has 0 unspecified atom stereocenters. The molecule has 1 amide bonds. The molecule has 0 fully saturated rings. The van der Waals surface area contributed by atoms with Crippen LogP contribution in [0.3, 0.4) is 0 Å². The molecule has 9 heteroatoms. The van der Waals surface area contributed by atoms with Gasteiger partial charge in [0.2, 0.25) is 0 Å². The zero-order valence-corrected chi connectivity index (χ0v) is 17.5. The van der Waals surface area contributed by atoms with Gasteiger partial charge in [-0.25, -0.2) is 9.59 Å². The number of ether oxygens (including phenoxy) is 2. The molecule has 0 aliphatic carbocycles. The van der Waals surface area contributed by atoms with Gasteiger partial charge < -0.3 is 24.5 Å². The topological polar surface area (TPSA) is 111 Å². The van der Waals surface area contributed by atoms with E-state index in [0.29, 0.717) is 5.56 Å². The fourth-order valence-electron chi connectivity index (χ4n) is 2.57. The number of anilines is 1. The average Bonchev–Trinajstić information content (AvgIpc) is 3.33. The first kappa shape index (κ1) is 22.4. The van der Waals surface area contributed by atoms with Gasteiger partial charge in [0.15, 0.2) is 12.3 Å². The first-order valence-corrected chi connectivity index (χ1v) is 9.95. The molecule has 0 aliphatic rings. The predicted octanol–water partition coefficient (Wildman–Crippen LogP) is 2.43. The number of carbonyl (C=O) groups excluding carboxylic acids is 3. The fourth-order valence-corrected chi connectivity index (χ4v) is 3.68. The lowest BCUT2D eigenvalue weighted by Gasteiger charge is -2.09. The number of esters is 2. The zero-order chi connectivity index (χ0) is 21.4. The van der Waals surface area contributed by atoms with Crippen LogP contribution in [-0.2, 0) is 14.3 Å². The van der Waals surface area contributed by atoms with Crippen LogP contribution in [0, 0.1) is 6.92 Å². The van der Waals surface area contributed by atoms with Gasteiger partial charge in [-0.3, -0.25) is 4.79 Å². The molecular formula is C20H25N2O6S+. The van der Waals surface area contributed by atoms with Crippen LogP contribution in [0.1, 0.15) is 51.2 Å². The van der Waals surface area contributed by atoms with Gasteiger partial charge in [0.05, 0.1) is 18.4 Å². The Morgan fingerprint density at radius 3 is 2.72 bits per heavy atom. The van der Waals surface area contributed by atoms with Gasteiger partial charge in [-0.05, 0) is 38.5 Å². The van der Waals surface area contributed by atoms with Crippen molar-refractivity contribution < 1.29 is 33.6 Å². The second-order valence-corrected chi connectivity index (χ2v) is 7.18. The summed E-state index contributed by atoms with van der Waals surface area (Å²) in [6.45, 7) is 9.05. The van der Waals surface area contributed by atoms with Crippen LogP contribution in [0.2, 0.25) is 0 Å². The Morgan fingerprint density at radius 2 is 2.10 bits per heavy atom.